The average Bonchev–Trinajstić information content (AvgIpc) is 2.78. The number of alkyl halides is 3. The van der Waals surface area contributed by atoms with E-state index in [1.54, 1.807) is 23.7 Å². The Hall–Kier alpha value is -1.70. The van der Waals surface area contributed by atoms with Crippen LogP contribution in [0.4, 0.5) is 13.2 Å². The molecule has 0 bridgehead atoms. The second-order valence-electron chi connectivity index (χ2n) is 4.13. The summed E-state index contributed by atoms with van der Waals surface area (Å²) in [6.07, 6.45) is -0.978. The van der Waals surface area contributed by atoms with Crippen molar-refractivity contribution in [3.8, 4) is 0 Å². The molecule has 0 aliphatic carbocycles. The monoisotopic (exact) mass is 303 g/mol. The molecule has 1 amide bonds. The molecule has 2 rings (SSSR count). The second kappa shape index (κ2) is 5.74. The second-order valence-corrected chi connectivity index (χ2v) is 5.44. The van der Waals surface area contributed by atoms with Gasteiger partial charge < -0.3 is 5.32 Å². The molecule has 0 aliphatic heterocycles. The number of carbonyl (C=O) groups excluding carboxylic acids is 1. The number of thioether (sulfide) groups is 1. The summed E-state index contributed by atoms with van der Waals surface area (Å²) in [7, 11) is 0. The normalized spacial score (nSPS) is 13.4. The third kappa shape index (κ3) is 3.66. The van der Waals surface area contributed by atoms with E-state index in [4.69, 9.17) is 0 Å². The number of imidazole rings is 1. The number of fused-ring (bicyclic) bond motifs is 1. The maximum Gasteiger partial charge on any atom is 0.405 e. The number of hydrogen-bond donors (Lipinski definition) is 1. The first kappa shape index (κ1) is 14.7. The molecule has 1 N–H and O–H groups in total. The van der Waals surface area contributed by atoms with Gasteiger partial charge >= 0.3 is 6.18 Å². The van der Waals surface area contributed by atoms with E-state index in [9.17, 15) is 18.0 Å². The van der Waals surface area contributed by atoms with Crippen LogP contribution in [0.25, 0.3) is 5.52 Å². The number of amides is 1. The lowest BCUT2D eigenvalue weighted by atomic mass is 10.4. The zero-order chi connectivity index (χ0) is 14.8. The summed E-state index contributed by atoms with van der Waals surface area (Å²) in [5.74, 6) is -0.667. The maximum atomic E-state index is 12.0. The molecule has 4 nitrogen and oxygen atoms in total. The zero-order valence-corrected chi connectivity index (χ0v) is 11.3. The van der Waals surface area contributed by atoms with Crippen LogP contribution in [0.15, 0.2) is 35.7 Å². The van der Waals surface area contributed by atoms with Gasteiger partial charge in [0.15, 0.2) is 5.16 Å². The van der Waals surface area contributed by atoms with Crippen molar-refractivity contribution in [1.29, 1.82) is 0 Å². The fourth-order valence-corrected chi connectivity index (χ4v) is 2.45. The van der Waals surface area contributed by atoms with Crippen LogP contribution < -0.4 is 5.32 Å². The molecule has 0 fully saturated rings. The predicted octanol–water partition coefficient (Wildman–Crippen LogP) is 2.49. The van der Waals surface area contributed by atoms with Crippen LogP contribution in [-0.2, 0) is 4.79 Å². The highest BCUT2D eigenvalue weighted by molar-refractivity contribution is 8.00. The third-order valence-electron chi connectivity index (χ3n) is 2.52. The molecule has 108 valence electrons. The van der Waals surface area contributed by atoms with Gasteiger partial charge in [-0.05, 0) is 19.1 Å². The Morgan fingerprint density at radius 1 is 1.50 bits per heavy atom. The molecule has 2 aromatic heterocycles. The molecule has 2 heterocycles. The van der Waals surface area contributed by atoms with Crippen LogP contribution in [0.5, 0.6) is 0 Å². The molecule has 0 aromatic carbocycles. The lowest BCUT2D eigenvalue weighted by Gasteiger charge is -2.12. The van der Waals surface area contributed by atoms with Crippen LogP contribution in [0.1, 0.15) is 6.92 Å². The largest absolute Gasteiger partial charge is 0.405 e. The SMILES string of the molecule is CC(Sc1ncc2ccccn12)C(=O)NCC(F)(F)F. The van der Waals surface area contributed by atoms with Crippen LogP contribution in [0, 0.1) is 0 Å². The smallest absolute Gasteiger partial charge is 0.346 e. The third-order valence-corrected chi connectivity index (χ3v) is 3.60. The van der Waals surface area contributed by atoms with Gasteiger partial charge in [-0.15, -0.1) is 0 Å². The number of hydrogen-bond acceptors (Lipinski definition) is 3. The number of nitrogens with one attached hydrogen (secondary N) is 1. The minimum Gasteiger partial charge on any atom is -0.346 e. The van der Waals surface area contributed by atoms with E-state index in [1.807, 2.05) is 23.5 Å². The Morgan fingerprint density at radius 2 is 2.25 bits per heavy atom. The molecule has 0 aliphatic rings. The fourth-order valence-electron chi connectivity index (χ4n) is 1.55. The molecule has 8 heteroatoms. The highest BCUT2D eigenvalue weighted by atomic mass is 32.2. The topological polar surface area (TPSA) is 46.4 Å². The minimum absolute atomic E-state index is 0.565. The van der Waals surface area contributed by atoms with E-state index in [1.165, 1.54) is 0 Å². The summed E-state index contributed by atoms with van der Waals surface area (Å²) in [4.78, 5) is 15.7. The van der Waals surface area contributed by atoms with Crippen molar-refractivity contribution in [2.75, 3.05) is 6.54 Å². The molecule has 0 saturated heterocycles. The van der Waals surface area contributed by atoms with Crippen LogP contribution >= 0.6 is 11.8 Å². The summed E-state index contributed by atoms with van der Waals surface area (Å²) in [6.45, 7) is 0.222. The molecule has 2 aromatic rings. The first-order valence-corrected chi connectivity index (χ1v) is 6.68. The van der Waals surface area contributed by atoms with E-state index in [0.29, 0.717) is 5.16 Å². The highest BCUT2D eigenvalue weighted by Crippen LogP contribution is 2.23. The Bertz CT molecular complexity index is 611. The summed E-state index contributed by atoms with van der Waals surface area (Å²) in [5, 5.41) is 1.76. The van der Waals surface area contributed by atoms with E-state index < -0.39 is 23.9 Å². The number of carbonyl (C=O) groups is 1. The van der Waals surface area contributed by atoms with Gasteiger partial charge in [-0.3, -0.25) is 9.20 Å². The van der Waals surface area contributed by atoms with E-state index in [0.717, 1.165) is 17.3 Å². The molecule has 20 heavy (non-hydrogen) atoms. The Morgan fingerprint density at radius 3 is 2.95 bits per heavy atom. The maximum absolute atomic E-state index is 12.0. The summed E-state index contributed by atoms with van der Waals surface area (Å²) in [6, 6.07) is 5.52. The first-order chi connectivity index (χ1) is 9.37. The summed E-state index contributed by atoms with van der Waals surface area (Å²) < 4.78 is 37.9. The molecular formula is C12H12F3N3OS. The Labute approximate surface area is 117 Å². The summed E-state index contributed by atoms with van der Waals surface area (Å²) >= 11 is 1.11. The minimum atomic E-state index is -4.40. The lowest BCUT2D eigenvalue weighted by Crippen LogP contribution is -2.38. The van der Waals surface area contributed by atoms with Crippen LogP contribution in [0.2, 0.25) is 0 Å². The van der Waals surface area contributed by atoms with Crippen molar-refractivity contribution < 1.29 is 18.0 Å². The summed E-state index contributed by atoms with van der Waals surface area (Å²) in [5.41, 5.74) is 0.859. The molecular weight excluding hydrogens is 291 g/mol. The number of pyridine rings is 1. The van der Waals surface area contributed by atoms with Gasteiger partial charge in [-0.2, -0.15) is 13.2 Å². The predicted molar refractivity (Wildman–Crippen MR) is 69.6 cm³/mol. The van der Waals surface area contributed by atoms with E-state index >= 15 is 0 Å². The van der Waals surface area contributed by atoms with Gasteiger partial charge in [0, 0.05) is 6.20 Å². The van der Waals surface area contributed by atoms with Crippen molar-refractivity contribution in [2.24, 2.45) is 0 Å². The van der Waals surface area contributed by atoms with Crippen molar-refractivity contribution >= 4 is 23.2 Å². The van der Waals surface area contributed by atoms with Crippen molar-refractivity contribution in [1.82, 2.24) is 14.7 Å². The first-order valence-electron chi connectivity index (χ1n) is 5.80. The molecule has 0 spiro atoms. The van der Waals surface area contributed by atoms with Gasteiger partial charge in [-0.25, -0.2) is 4.98 Å². The van der Waals surface area contributed by atoms with Gasteiger partial charge in [0.05, 0.1) is 17.0 Å². The van der Waals surface area contributed by atoms with Crippen LogP contribution in [0.3, 0.4) is 0 Å². The lowest BCUT2D eigenvalue weighted by molar-refractivity contribution is -0.137. The van der Waals surface area contributed by atoms with E-state index in [2.05, 4.69) is 4.98 Å². The highest BCUT2D eigenvalue weighted by Gasteiger charge is 2.29. The standard InChI is InChI=1S/C12H12F3N3OS/c1-8(10(19)17-7-12(13,14)15)20-11-16-6-9-4-2-3-5-18(9)11/h2-6,8H,7H2,1H3,(H,17,19). The van der Waals surface area contributed by atoms with Crippen molar-refractivity contribution in [3.05, 3.63) is 30.6 Å². The van der Waals surface area contributed by atoms with Crippen molar-refractivity contribution in [2.45, 2.75) is 23.5 Å². The number of aromatic nitrogens is 2. The van der Waals surface area contributed by atoms with Gasteiger partial charge in [0.1, 0.15) is 6.54 Å². The van der Waals surface area contributed by atoms with Crippen LogP contribution in [-0.4, -0.2) is 33.3 Å². The molecule has 1 atom stereocenters. The Kier molecular flexibility index (Phi) is 4.22. The van der Waals surface area contributed by atoms with E-state index in [-0.39, 0.29) is 0 Å². The van der Waals surface area contributed by atoms with Gasteiger partial charge in [-0.1, -0.05) is 17.8 Å². The number of nitrogens with zero attached hydrogens (tertiary/aromatic N) is 2. The quantitative estimate of drug-likeness (QED) is 0.883. The number of halogens is 3. The molecule has 0 saturated carbocycles. The van der Waals surface area contributed by atoms with Gasteiger partial charge in [0.2, 0.25) is 5.91 Å². The Balaban J connectivity index is 2.00. The average molecular weight is 303 g/mol. The van der Waals surface area contributed by atoms with Gasteiger partial charge in [0.25, 0.3) is 0 Å². The number of rotatable bonds is 4. The fraction of sp³-hybridized carbons (Fsp3) is 0.333. The zero-order valence-electron chi connectivity index (χ0n) is 10.5. The molecule has 0 radical (unpaired) electrons. The molecule has 1 unspecified atom stereocenters. The van der Waals surface area contributed by atoms with Crippen molar-refractivity contribution in [3.63, 3.8) is 0 Å².